The van der Waals surface area contributed by atoms with Crippen LogP contribution in [0.15, 0.2) is 34.9 Å². The molecule has 0 aliphatic heterocycles. The van der Waals surface area contributed by atoms with Gasteiger partial charge in [0.1, 0.15) is 5.69 Å². The molecule has 5 heteroatoms. The quantitative estimate of drug-likeness (QED) is 0.913. The smallest absolute Gasteiger partial charge is 0.352 e. The Morgan fingerprint density at radius 1 is 1.41 bits per heavy atom. The Labute approximate surface area is 112 Å². The largest absolute Gasteiger partial charge is 0.477 e. The predicted molar refractivity (Wildman–Crippen MR) is 70.2 cm³/mol. The molecule has 0 aliphatic carbocycles. The minimum absolute atomic E-state index is 0.149. The topological polar surface area (TPSA) is 42.2 Å². The maximum Gasteiger partial charge on any atom is 0.352 e. The summed E-state index contributed by atoms with van der Waals surface area (Å²) in [7, 11) is 0. The van der Waals surface area contributed by atoms with Gasteiger partial charge >= 0.3 is 5.97 Å². The highest BCUT2D eigenvalue weighted by Crippen LogP contribution is 2.24. The van der Waals surface area contributed by atoms with Gasteiger partial charge in [-0.15, -0.1) is 0 Å². The van der Waals surface area contributed by atoms with Gasteiger partial charge < -0.3 is 9.67 Å². The number of benzene rings is 1. The van der Waals surface area contributed by atoms with Crippen molar-refractivity contribution in [2.24, 2.45) is 0 Å². The van der Waals surface area contributed by atoms with Gasteiger partial charge in [0.05, 0.1) is 5.02 Å². The number of hydrogen-bond donors (Lipinski definition) is 1. The average molecular weight is 315 g/mol. The van der Waals surface area contributed by atoms with Gasteiger partial charge in [-0.25, -0.2) is 4.79 Å². The molecule has 0 spiro atoms. The van der Waals surface area contributed by atoms with Crippen molar-refractivity contribution in [2.45, 2.75) is 6.92 Å². The van der Waals surface area contributed by atoms with Crippen LogP contribution in [-0.4, -0.2) is 15.6 Å². The van der Waals surface area contributed by atoms with E-state index in [2.05, 4.69) is 15.9 Å². The Morgan fingerprint density at radius 3 is 2.76 bits per heavy atom. The van der Waals surface area contributed by atoms with Crippen LogP contribution in [-0.2, 0) is 0 Å². The fourth-order valence-corrected chi connectivity index (χ4v) is 2.19. The van der Waals surface area contributed by atoms with Crippen LogP contribution in [0.1, 0.15) is 16.1 Å². The minimum atomic E-state index is -1.00. The summed E-state index contributed by atoms with van der Waals surface area (Å²) in [5.74, 6) is -1.00. The van der Waals surface area contributed by atoms with Crippen LogP contribution < -0.4 is 0 Å². The Hall–Kier alpha value is -1.26. The molecule has 0 unspecified atom stereocenters. The zero-order valence-electron chi connectivity index (χ0n) is 8.95. The van der Waals surface area contributed by atoms with Crippen molar-refractivity contribution in [3.8, 4) is 5.69 Å². The first-order valence-corrected chi connectivity index (χ1v) is 6.04. The molecular formula is C12H9BrClNO2. The van der Waals surface area contributed by atoms with Crippen molar-refractivity contribution in [2.75, 3.05) is 0 Å². The standard InChI is InChI=1S/C12H9BrClNO2/c1-7-2-3-8(13)4-10(7)15-6-9(14)5-11(15)12(16)17/h2-6H,1H3,(H,16,17). The van der Waals surface area contributed by atoms with Crippen LogP contribution in [0.4, 0.5) is 0 Å². The highest BCUT2D eigenvalue weighted by Gasteiger charge is 2.14. The van der Waals surface area contributed by atoms with E-state index in [0.29, 0.717) is 5.02 Å². The number of aromatic carboxylic acids is 1. The lowest BCUT2D eigenvalue weighted by Crippen LogP contribution is -2.06. The van der Waals surface area contributed by atoms with E-state index < -0.39 is 5.97 Å². The molecule has 88 valence electrons. The van der Waals surface area contributed by atoms with E-state index in [4.69, 9.17) is 16.7 Å². The number of nitrogens with zero attached hydrogens (tertiary/aromatic N) is 1. The molecule has 2 rings (SSSR count). The van der Waals surface area contributed by atoms with Gasteiger partial charge in [-0.05, 0) is 30.7 Å². The van der Waals surface area contributed by atoms with Crippen LogP contribution in [0.3, 0.4) is 0 Å². The molecule has 0 saturated carbocycles. The minimum Gasteiger partial charge on any atom is -0.477 e. The highest BCUT2D eigenvalue weighted by molar-refractivity contribution is 9.10. The van der Waals surface area contributed by atoms with Gasteiger partial charge in [-0.1, -0.05) is 33.6 Å². The lowest BCUT2D eigenvalue weighted by atomic mass is 10.2. The SMILES string of the molecule is Cc1ccc(Br)cc1-n1cc(Cl)cc1C(=O)O. The third-order valence-electron chi connectivity index (χ3n) is 2.44. The van der Waals surface area contributed by atoms with Gasteiger partial charge in [0, 0.05) is 16.4 Å². The zero-order chi connectivity index (χ0) is 12.6. The molecule has 0 radical (unpaired) electrons. The van der Waals surface area contributed by atoms with E-state index in [1.54, 1.807) is 10.8 Å². The van der Waals surface area contributed by atoms with Gasteiger partial charge in [0.2, 0.25) is 0 Å². The Balaban J connectivity index is 2.67. The summed E-state index contributed by atoms with van der Waals surface area (Å²) in [6.45, 7) is 1.92. The molecular weight excluding hydrogens is 305 g/mol. The summed E-state index contributed by atoms with van der Waals surface area (Å²) in [5.41, 5.74) is 1.92. The second-order valence-corrected chi connectivity index (χ2v) is 5.00. The van der Waals surface area contributed by atoms with Crippen molar-refractivity contribution >= 4 is 33.5 Å². The number of halogens is 2. The van der Waals surface area contributed by atoms with Gasteiger partial charge in [0.25, 0.3) is 0 Å². The molecule has 0 saturated heterocycles. The van der Waals surface area contributed by atoms with Crippen molar-refractivity contribution < 1.29 is 9.90 Å². The fraction of sp³-hybridized carbons (Fsp3) is 0.0833. The predicted octanol–water partition coefficient (Wildman–Crippen LogP) is 3.90. The zero-order valence-corrected chi connectivity index (χ0v) is 11.3. The summed E-state index contributed by atoms with van der Waals surface area (Å²) in [4.78, 5) is 11.1. The molecule has 3 nitrogen and oxygen atoms in total. The summed E-state index contributed by atoms with van der Waals surface area (Å²) in [6, 6.07) is 7.12. The molecule has 1 aromatic heterocycles. The van der Waals surface area contributed by atoms with Crippen molar-refractivity contribution in [3.63, 3.8) is 0 Å². The number of aromatic nitrogens is 1. The number of carboxylic acids is 1. The molecule has 1 N–H and O–H groups in total. The van der Waals surface area contributed by atoms with E-state index in [1.165, 1.54) is 6.07 Å². The summed E-state index contributed by atoms with van der Waals surface area (Å²) >= 11 is 9.22. The highest BCUT2D eigenvalue weighted by atomic mass is 79.9. The van der Waals surface area contributed by atoms with Crippen molar-refractivity contribution in [3.05, 3.63) is 51.2 Å². The van der Waals surface area contributed by atoms with Crippen molar-refractivity contribution in [1.29, 1.82) is 0 Å². The van der Waals surface area contributed by atoms with E-state index in [-0.39, 0.29) is 5.69 Å². The van der Waals surface area contributed by atoms with Crippen LogP contribution in [0.25, 0.3) is 5.69 Å². The molecule has 1 aromatic carbocycles. The molecule has 17 heavy (non-hydrogen) atoms. The third-order valence-corrected chi connectivity index (χ3v) is 3.14. The van der Waals surface area contributed by atoms with Crippen LogP contribution in [0.5, 0.6) is 0 Å². The van der Waals surface area contributed by atoms with Gasteiger partial charge in [-0.3, -0.25) is 0 Å². The maximum absolute atomic E-state index is 11.1. The van der Waals surface area contributed by atoms with Gasteiger partial charge in [-0.2, -0.15) is 0 Å². The number of rotatable bonds is 2. The monoisotopic (exact) mass is 313 g/mol. The fourth-order valence-electron chi connectivity index (χ4n) is 1.64. The summed E-state index contributed by atoms with van der Waals surface area (Å²) in [5, 5.41) is 9.51. The first kappa shape index (κ1) is 12.2. The molecule has 2 aromatic rings. The summed E-state index contributed by atoms with van der Waals surface area (Å²) in [6.07, 6.45) is 1.60. The number of carboxylic acid groups (broad SMARTS) is 1. The molecule has 0 amide bonds. The maximum atomic E-state index is 11.1. The molecule has 1 heterocycles. The van der Waals surface area contributed by atoms with Gasteiger partial charge in [0.15, 0.2) is 0 Å². The molecule has 0 atom stereocenters. The van der Waals surface area contributed by atoms with Crippen LogP contribution in [0.2, 0.25) is 5.02 Å². The number of hydrogen-bond acceptors (Lipinski definition) is 1. The number of carbonyl (C=O) groups is 1. The second kappa shape index (κ2) is 4.55. The van der Waals surface area contributed by atoms with Crippen LogP contribution in [0, 0.1) is 6.92 Å². The first-order chi connectivity index (χ1) is 7.99. The number of aryl methyl sites for hydroxylation is 1. The first-order valence-electron chi connectivity index (χ1n) is 4.87. The van der Waals surface area contributed by atoms with Crippen molar-refractivity contribution in [1.82, 2.24) is 4.57 Å². The molecule has 0 aliphatic rings. The Kier molecular flexibility index (Phi) is 3.26. The van der Waals surface area contributed by atoms with E-state index >= 15 is 0 Å². The summed E-state index contributed by atoms with van der Waals surface area (Å²) < 4.78 is 2.46. The normalized spacial score (nSPS) is 10.5. The van der Waals surface area contributed by atoms with Crippen LogP contribution >= 0.6 is 27.5 Å². The molecule has 0 fully saturated rings. The third kappa shape index (κ3) is 2.37. The second-order valence-electron chi connectivity index (χ2n) is 3.65. The average Bonchev–Trinajstić information content (AvgIpc) is 2.64. The molecule has 0 bridgehead atoms. The van der Waals surface area contributed by atoms with E-state index in [0.717, 1.165) is 15.7 Å². The lowest BCUT2D eigenvalue weighted by molar-refractivity contribution is 0.0688. The van der Waals surface area contributed by atoms with E-state index in [1.807, 2.05) is 25.1 Å². The Morgan fingerprint density at radius 2 is 2.12 bits per heavy atom. The lowest BCUT2D eigenvalue weighted by Gasteiger charge is -2.10. The Bertz CT molecular complexity index is 592. The van der Waals surface area contributed by atoms with E-state index in [9.17, 15) is 4.79 Å².